The van der Waals surface area contributed by atoms with Gasteiger partial charge in [0, 0.05) is 25.4 Å². The van der Waals surface area contributed by atoms with E-state index in [0.29, 0.717) is 16.9 Å². The number of phenolic OH excluding ortho intramolecular Hbond substituents is 1. The van der Waals surface area contributed by atoms with E-state index in [-0.39, 0.29) is 29.3 Å². The number of hydrogen-bond donors (Lipinski definition) is 5. The quantitative estimate of drug-likeness (QED) is 0.232. The molecule has 13 nitrogen and oxygen atoms in total. The number of nitrogens with zero attached hydrogens (tertiary/aromatic N) is 1. The molecule has 1 saturated heterocycles. The topological polar surface area (TPSA) is 220 Å². The summed E-state index contributed by atoms with van der Waals surface area (Å²) in [6.07, 6.45) is -5.69. The van der Waals surface area contributed by atoms with Crippen molar-refractivity contribution in [3.05, 3.63) is 41.1 Å². The number of aromatic hydroxyl groups is 1. The van der Waals surface area contributed by atoms with Crippen LogP contribution in [0.3, 0.4) is 0 Å². The number of β-lactam (4-membered cyclic amide) rings is 1. The van der Waals surface area contributed by atoms with E-state index >= 15 is 0 Å². The molecule has 3 atom stereocenters. The molecule has 0 aromatic heterocycles. The lowest BCUT2D eigenvalue weighted by atomic mass is 10.1. The normalized spacial score (nSPS) is 18.9. The number of carbonyl (C=O) groups excluding carboxylic acids is 3. The zero-order valence-corrected chi connectivity index (χ0v) is 20.6. The maximum Gasteiger partial charge on any atom is 0.490 e. The summed E-state index contributed by atoms with van der Waals surface area (Å²) in [7, 11) is 1.42. The molecule has 7 N–H and O–H groups in total. The highest BCUT2D eigenvalue weighted by Crippen LogP contribution is 2.41. The molecular weight excluding hydrogens is 543 g/mol. The van der Waals surface area contributed by atoms with Crippen molar-refractivity contribution >= 4 is 41.5 Å². The van der Waals surface area contributed by atoms with E-state index in [1.165, 1.54) is 42.8 Å². The average Bonchev–Trinajstić information content (AvgIpc) is 2.82. The molecule has 210 valence electrons. The van der Waals surface area contributed by atoms with Crippen LogP contribution in [-0.4, -0.2) is 87.1 Å². The highest BCUT2D eigenvalue weighted by molar-refractivity contribution is 8.00. The van der Waals surface area contributed by atoms with E-state index in [0.717, 1.165) is 0 Å². The van der Waals surface area contributed by atoms with Gasteiger partial charge in [-0.3, -0.25) is 19.3 Å². The molecule has 0 bridgehead atoms. The Morgan fingerprint density at radius 1 is 1.18 bits per heavy atom. The van der Waals surface area contributed by atoms with Crippen LogP contribution in [0.25, 0.3) is 0 Å². The van der Waals surface area contributed by atoms with Crippen molar-refractivity contribution < 1.29 is 61.9 Å². The predicted molar refractivity (Wildman–Crippen MR) is 123 cm³/mol. The second-order valence-electron chi connectivity index (χ2n) is 7.38. The largest absolute Gasteiger partial charge is 0.508 e. The number of phenols is 1. The maximum atomic E-state index is 11.8. The third-order valence-electron chi connectivity index (χ3n) is 4.71. The summed E-state index contributed by atoms with van der Waals surface area (Å²) in [6, 6.07) is 5.23. The first-order valence-corrected chi connectivity index (χ1v) is 11.3. The molecule has 2 aliphatic rings. The number of thioether (sulfide) groups is 1. The summed E-state index contributed by atoms with van der Waals surface area (Å²) < 4.78 is 41.6. The SMILES string of the molecule is CO[C@@H]1C(=O)N2C(C(=O)O)=C(COC(C)=O)CS[C@@H]12.NC(=O)C(N)c1ccc(O)cc1.O=C(O)C(F)(F)F. The van der Waals surface area contributed by atoms with Gasteiger partial charge >= 0.3 is 24.1 Å². The van der Waals surface area contributed by atoms with Crippen LogP contribution in [0.5, 0.6) is 5.75 Å². The van der Waals surface area contributed by atoms with Gasteiger partial charge in [0.1, 0.15) is 29.5 Å². The second-order valence-corrected chi connectivity index (χ2v) is 8.48. The molecule has 17 heteroatoms. The molecule has 0 spiro atoms. The minimum atomic E-state index is -5.08. The summed E-state index contributed by atoms with van der Waals surface area (Å²) in [4.78, 5) is 54.6. The van der Waals surface area contributed by atoms with Gasteiger partial charge in [-0.2, -0.15) is 13.2 Å². The lowest BCUT2D eigenvalue weighted by Gasteiger charge is -2.48. The van der Waals surface area contributed by atoms with E-state index in [4.69, 9.17) is 35.9 Å². The van der Waals surface area contributed by atoms with Gasteiger partial charge < -0.3 is 36.3 Å². The summed E-state index contributed by atoms with van der Waals surface area (Å²) in [5.41, 5.74) is 11.3. The summed E-state index contributed by atoms with van der Waals surface area (Å²) in [5, 5.41) is 25.0. The molecule has 0 radical (unpaired) electrons. The van der Waals surface area contributed by atoms with Crippen LogP contribution in [0.1, 0.15) is 18.5 Å². The molecule has 0 aliphatic carbocycles. The Morgan fingerprint density at radius 3 is 2.11 bits per heavy atom. The fourth-order valence-electron chi connectivity index (χ4n) is 2.88. The zero-order chi connectivity index (χ0) is 29.4. The second kappa shape index (κ2) is 13.6. The number of amides is 2. The van der Waals surface area contributed by atoms with E-state index in [1.807, 2.05) is 0 Å². The average molecular weight is 567 g/mol. The number of fused-ring (bicyclic) bond motifs is 1. The van der Waals surface area contributed by atoms with Crippen molar-refractivity contribution in [3.8, 4) is 5.75 Å². The van der Waals surface area contributed by atoms with Gasteiger partial charge in [0.15, 0.2) is 6.10 Å². The Balaban J connectivity index is 0.000000324. The molecule has 1 aromatic rings. The number of methoxy groups -OCH3 is 1. The van der Waals surface area contributed by atoms with E-state index in [2.05, 4.69) is 0 Å². The van der Waals surface area contributed by atoms with E-state index in [1.54, 1.807) is 12.1 Å². The predicted octanol–water partition coefficient (Wildman–Crippen LogP) is 0.329. The highest BCUT2D eigenvalue weighted by atomic mass is 32.2. The van der Waals surface area contributed by atoms with Crippen molar-refractivity contribution in [1.82, 2.24) is 4.90 Å². The number of aliphatic carboxylic acids is 2. The minimum absolute atomic E-state index is 0.0942. The van der Waals surface area contributed by atoms with Gasteiger partial charge in [0.25, 0.3) is 5.91 Å². The number of carbonyl (C=O) groups is 5. The Bertz CT molecular complexity index is 1090. The first kappa shape index (κ1) is 32.2. The number of carboxylic acids is 2. The molecule has 0 saturated carbocycles. The first-order chi connectivity index (χ1) is 17.5. The van der Waals surface area contributed by atoms with Crippen LogP contribution < -0.4 is 11.5 Å². The number of esters is 1. The van der Waals surface area contributed by atoms with Crippen LogP contribution in [0.15, 0.2) is 35.5 Å². The van der Waals surface area contributed by atoms with Crippen LogP contribution in [0, 0.1) is 0 Å². The first-order valence-electron chi connectivity index (χ1n) is 10.2. The Kier molecular flexibility index (Phi) is 11.6. The number of primary amides is 1. The van der Waals surface area contributed by atoms with Crippen molar-refractivity contribution in [2.75, 3.05) is 19.5 Å². The van der Waals surface area contributed by atoms with Crippen LogP contribution in [0.4, 0.5) is 13.2 Å². The monoisotopic (exact) mass is 567 g/mol. The Hall–Kier alpha value is -3.83. The fraction of sp³-hybridized carbons (Fsp3) is 0.381. The molecule has 2 aliphatic heterocycles. The molecule has 2 amide bonds. The number of benzene rings is 1. The summed E-state index contributed by atoms with van der Waals surface area (Å²) in [5.74, 6) is -4.88. The van der Waals surface area contributed by atoms with Gasteiger partial charge in [0.05, 0.1) is 0 Å². The maximum absolute atomic E-state index is 11.8. The fourth-order valence-corrected chi connectivity index (χ4v) is 4.23. The highest BCUT2D eigenvalue weighted by Gasteiger charge is 2.54. The molecule has 1 fully saturated rings. The van der Waals surface area contributed by atoms with Crippen LogP contribution >= 0.6 is 11.8 Å². The number of halogens is 3. The summed E-state index contributed by atoms with van der Waals surface area (Å²) >= 11 is 1.40. The molecule has 3 rings (SSSR count). The number of hydrogen-bond acceptors (Lipinski definition) is 10. The van der Waals surface area contributed by atoms with Crippen molar-refractivity contribution in [3.63, 3.8) is 0 Å². The van der Waals surface area contributed by atoms with E-state index in [9.17, 15) is 37.5 Å². The lowest BCUT2D eigenvalue weighted by molar-refractivity contribution is -0.192. The minimum Gasteiger partial charge on any atom is -0.508 e. The number of carboxylic acid groups (broad SMARTS) is 2. The third-order valence-corrected chi connectivity index (χ3v) is 6.02. The lowest BCUT2D eigenvalue weighted by Crippen LogP contribution is -2.65. The van der Waals surface area contributed by atoms with Crippen molar-refractivity contribution in [2.45, 2.75) is 30.6 Å². The van der Waals surface area contributed by atoms with Gasteiger partial charge in [-0.25, -0.2) is 9.59 Å². The van der Waals surface area contributed by atoms with Gasteiger partial charge in [0.2, 0.25) is 5.91 Å². The third kappa shape index (κ3) is 8.63. The molecule has 1 aromatic carbocycles. The van der Waals surface area contributed by atoms with E-state index < -0.39 is 42.1 Å². The summed E-state index contributed by atoms with van der Waals surface area (Å²) in [6.45, 7) is 1.13. The number of alkyl halides is 3. The molecule has 1 unspecified atom stereocenters. The van der Waals surface area contributed by atoms with Crippen molar-refractivity contribution in [2.24, 2.45) is 11.5 Å². The van der Waals surface area contributed by atoms with Crippen LogP contribution in [-0.2, 0) is 33.4 Å². The Labute approximate surface area is 217 Å². The smallest absolute Gasteiger partial charge is 0.490 e. The number of nitrogens with two attached hydrogens (primary N) is 2. The standard InChI is InChI=1S/C11H13NO6S.C8H10N2O2.C2HF3O2/c1-5(13)18-3-6-4-19-10-8(17-2)9(14)12(10)7(6)11(15)16;9-7(8(10)12)5-1-3-6(11)4-2-5;3-2(4,5)1(6)7/h8,10H,3-4H2,1-2H3,(H,15,16);1-4,7,11H,9H2,(H2,10,12);(H,6,7)/t8-,10+;;/m1../s1. The molecule has 38 heavy (non-hydrogen) atoms. The molecular formula is C21H24F3N3O10S. The van der Waals surface area contributed by atoms with Gasteiger partial charge in [-0.05, 0) is 17.7 Å². The van der Waals surface area contributed by atoms with Crippen molar-refractivity contribution in [1.29, 1.82) is 0 Å². The zero-order valence-electron chi connectivity index (χ0n) is 19.8. The number of ether oxygens (including phenoxy) is 2. The number of rotatable bonds is 6. The molecule has 2 heterocycles. The Morgan fingerprint density at radius 2 is 1.71 bits per heavy atom. The van der Waals surface area contributed by atoms with Gasteiger partial charge in [-0.15, -0.1) is 11.8 Å². The van der Waals surface area contributed by atoms with Gasteiger partial charge in [-0.1, -0.05) is 12.1 Å². The van der Waals surface area contributed by atoms with Crippen LogP contribution in [0.2, 0.25) is 0 Å².